The van der Waals surface area contributed by atoms with Crippen LogP contribution in [-0.2, 0) is 21.7 Å². The fourth-order valence-electron chi connectivity index (χ4n) is 4.23. The Kier molecular flexibility index (Phi) is 4.87. The van der Waals surface area contributed by atoms with Crippen molar-refractivity contribution < 1.29 is 18.7 Å². The van der Waals surface area contributed by atoms with E-state index in [1.807, 2.05) is 30.3 Å². The van der Waals surface area contributed by atoms with E-state index in [4.69, 9.17) is 22.1 Å². The summed E-state index contributed by atoms with van der Waals surface area (Å²) in [4.78, 5) is 26.9. The molecule has 1 fully saturated rings. The highest BCUT2D eigenvalue weighted by Gasteiger charge is 2.50. The van der Waals surface area contributed by atoms with Gasteiger partial charge in [0.2, 0.25) is 0 Å². The first kappa shape index (κ1) is 20.5. The van der Waals surface area contributed by atoms with Crippen LogP contribution in [0.3, 0.4) is 0 Å². The number of ether oxygens (including phenoxy) is 1. The minimum Gasteiger partial charge on any atom is -0.436 e. The second kappa shape index (κ2) is 7.61. The standard InChI is InChI=1S/C22H19ClFN5O3/c23-14-6-7-16-19(20(14)24)22(8-9-26-12-22)32-21(31)29(16)18(30)11-28-17(25)10-15(27-28)13-4-2-1-3-5-13/h1-7,10,26H,8-9,11-12,25H2. The SMILES string of the molecule is Nc1cc(-c2ccccc2)nn1CC(=O)N1C(=O)OC2(CCNC2)c2c1ccc(Cl)c2F. The zero-order valence-electron chi connectivity index (χ0n) is 16.8. The highest BCUT2D eigenvalue weighted by Crippen LogP contribution is 2.45. The first-order valence-corrected chi connectivity index (χ1v) is 10.4. The van der Waals surface area contributed by atoms with E-state index in [1.54, 1.807) is 6.07 Å². The molecule has 2 aliphatic rings. The molecule has 1 unspecified atom stereocenters. The number of imide groups is 1. The Morgan fingerprint density at radius 2 is 2.06 bits per heavy atom. The van der Waals surface area contributed by atoms with E-state index in [-0.39, 0.29) is 35.2 Å². The Labute approximate surface area is 187 Å². The van der Waals surface area contributed by atoms with Gasteiger partial charge in [-0.25, -0.2) is 18.8 Å². The van der Waals surface area contributed by atoms with E-state index in [2.05, 4.69) is 10.4 Å². The average molecular weight is 456 g/mol. The Balaban J connectivity index is 1.50. The zero-order chi connectivity index (χ0) is 22.5. The zero-order valence-corrected chi connectivity index (χ0v) is 17.6. The summed E-state index contributed by atoms with van der Waals surface area (Å²) in [6, 6.07) is 13.8. The maximum atomic E-state index is 15.1. The minimum absolute atomic E-state index is 0.0985. The quantitative estimate of drug-likeness (QED) is 0.628. The molecule has 10 heteroatoms. The molecule has 2 aromatic carbocycles. The monoisotopic (exact) mass is 455 g/mol. The lowest BCUT2D eigenvalue weighted by atomic mass is 9.89. The van der Waals surface area contributed by atoms with Crippen LogP contribution >= 0.6 is 11.6 Å². The second-order valence-electron chi connectivity index (χ2n) is 7.75. The van der Waals surface area contributed by atoms with Crippen LogP contribution in [0.25, 0.3) is 11.3 Å². The molecule has 0 aliphatic carbocycles. The van der Waals surface area contributed by atoms with Crippen molar-refractivity contribution in [1.29, 1.82) is 0 Å². The first-order chi connectivity index (χ1) is 15.4. The molecular weight excluding hydrogens is 437 g/mol. The summed E-state index contributed by atoms with van der Waals surface area (Å²) in [7, 11) is 0. The molecule has 1 atom stereocenters. The number of nitrogens with zero attached hydrogens (tertiary/aromatic N) is 3. The van der Waals surface area contributed by atoms with Crippen molar-refractivity contribution in [3.63, 3.8) is 0 Å². The number of nitrogen functional groups attached to an aromatic ring is 1. The van der Waals surface area contributed by atoms with Crippen LogP contribution in [0, 0.1) is 5.82 Å². The number of hydrogen-bond acceptors (Lipinski definition) is 6. The van der Waals surface area contributed by atoms with E-state index in [1.165, 1.54) is 16.8 Å². The Bertz CT molecular complexity index is 1220. The molecule has 2 amide bonds. The third-order valence-electron chi connectivity index (χ3n) is 5.77. The third-order valence-corrected chi connectivity index (χ3v) is 6.06. The van der Waals surface area contributed by atoms with Crippen LogP contribution < -0.4 is 16.0 Å². The molecule has 2 aliphatic heterocycles. The lowest BCUT2D eigenvalue weighted by molar-refractivity contribution is -0.119. The lowest BCUT2D eigenvalue weighted by Crippen LogP contribution is -2.51. The maximum Gasteiger partial charge on any atom is 0.422 e. The Morgan fingerprint density at radius 1 is 1.28 bits per heavy atom. The van der Waals surface area contributed by atoms with E-state index in [0.717, 1.165) is 10.5 Å². The van der Waals surface area contributed by atoms with Crippen LogP contribution in [-0.4, -0.2) is 34.9 Å². The number of hydrogen-bond donors (Lipinski definition) is 2. The minimum atomic E-state index is -1.20. The number of carbonyl (C=O) groups excluding carboxylic acids is 2. The molecule has 1 aromatic heterocycles. The van der Waals surface area contributed by atoms with Crippen LogP contribution in [0.5, 0.6) is 0 Å². The summed E-state index contributed by atoms with van der Waals surface area (Å²) >= 11 is 6.01. The largest absolute Gasteiger partial charge is 0.436 e. The van der Waals surface area contributed by atoms with E-state index in [0.29, 0.717) is 18.7 Å². The molecule has 164 valence electrons. The van der Waals surface area contributed by atoms with E-state index >= 15 is 4.39 Å². The highest BCUT2D eigenvalue weighted by molar-refractivity contribution is 6.31. The van der Waals surface area contributed by atoms with Gasteiger partial charge in [-0.2, -0.15) is 5.10 Å². The first-order valence-electron chi connectivity index (χ1n) is 10.0. The predicted octanol–water partition coefficient (Wildman–Crippen LogP) is 3.30. The van der Waals surface area contributed by atoms with Crippen molar-refractivity contribution >= 4 is 35.1 Å². The highest BCUT2D eigenvalue weighted by atomic mass is 35.5. The van der Waals surface area contributed by atoms with Gasteiger partial charge < -0.3 is 15.8 Å². The molecule has 3 aromatic rings. The normalized spacial score (nSPS) is 19.8. The van der Waals surface area contributed by atoms with Crippen molar-refractivity contribution in [3.8, 4) is 11.3 Å². The van der Waals surface area contributed by atoms with Crippen molar-refractivity contribution in [2.45, 2.75) is 18.6 Å². The predicted molar refractivity (Wildman–Crippen MR) is 117 cm³/mol. The number of nitrogens with two attached hydrogens (primary N) is 1. The van der Waals surface area contributed by atoms with Gasteiger partial charge in [0.25, 0.3) is 5.91 Å². The van der Waals surface area contributed by atoms with Gasteiger partial charge in [-0.1, -0.05) is 41.9 Å². The van der Waals surface area contributed by atoms with Crippen molar-refractivity contribution in [3.05, 3.63) is 64.9 Å². The van der Waals surface area contributed by atoms with Gasteiger partial charge >= 0.3 is 6.09 Å². The maximum absolute atomic E-state index is 15.1. The lowest BCUT2D eigenvalue weighted by Gasteiger charge is -2.39. The summed E-state index contributed by atoms with van der Waals surface area (Å²) in [6.45, 7) is 0.443. The van der Waals surface area contributed by atoms with Crippen LogP contribution in [0.1, 0.15) is 12.0 Å². The number of aromatic nitrogens is 2. The molecule has 32 heavy (non-hydrogen) atoms. The van der Waals surface area contributed by atoms with Gasteiger partial charge in [0.15, 0.2) is 11.4 Å². The molecule has 1 spiro atoms. The van der Waals surface area contributed by atoms with Crippen molar-refractivity contribution in [2.24, 2.45) is 0 Å². The molecule has 5 rings (SSSR count). The van der Waals surface area contributed by atoms with Crippen LogP contribution in [0.4, 0.5) is 20.7 Å². The van der Waals surface area contributed by atoms with Gasteiger partial charge in [-0.3, -0.25) is 4.79 Å². The fraction of sp³-hybridized carbons (Fsp3) is 0.227. The van der Waals surface area contributed by atoms with Gasteiger partial charge in [-0.15, -0.1) is 0 Å². The van der Waals surface area contributed by atoms with E-state index < -0.39 is 23.4 Å². The Hall–Kier alpha value is -3.43. The number of amides is 2. The number of halogens is 2. The van der Waals surface area contributed by atoms with Gasteiger partial charge in [-0.05, 0) is 18.7 Å². The number of rotatable bonds is 3. The van der Waals surface area contributed by atoms with Crippen LogP contribution in [0.2, 0.25) is 5.02 Å². The summed E-state index contributed by atoms with van der Waals surface area (Å²) in [5.41, 5.74) is 6.49. The number of carbonyl (C=O) groups is 2. The van der Waals surface area contributed by atoms with Gasteiger partial charge in [0, 0.05) is 24.6 Å². The third kappa shape index (κ3) is 3.21. The van der Waals surface area contributed by atoms with E-state index in [9.17, 15) is 9.59 Å². The van der Waals surface area contributed by atoms with Crippen LogP contribution in [0.15, 0.2) is 48.5 Å². The molecular formula is C22H19ClFN5O3. The molecule has 1 saturated heterocycles. The molecule has 3 heterocycles. The molecule has 0 saturated carbocycles. The molecule has 0 radical (unpaired) electrons. The summed E-state index contributed by atoms with van der Waals surface area (Å²) in [6.07, 6.45) is -0.501. The smallest absolute Gasteiger partial charge is 0.422 e. The summed E-state index contributed by atoms with van der Waals surface area (Å²) in [5.74, 6) is -1.11. The number of fused-ring (bicyclic) bond motifs is 2. The van der Waals surface area contributed by atoms with Gasteiger partial charge in [0.1, 0.15) is 12.4 Å². The summed E-state index contributed by atoms with van der Waals surface area (Å²) in [5, 5.41) is 7.36. The number of anilines is 2. The van der Waals surface area contributed by atoms with Crippen molar-refractivity contribution in [2.75, 3.05) is 23.7 Å². The molecule has 0 bridgehead atoms. The number of benzene rings is 2. The summed E-state index contributed by atoms with van der Waals surface area (Å²) < 4.78 is 22.0. The topological polar surface area (TPSA) is 102 Å². The van der Waals surface area contributed by atoms with Crippen molar-refractivity contribution in [1.82, 2.24) is 15.1 Å². The molecule has 3 N–H and O–H groups in total. The molecule has 8 nitrogen and oxygen atoms in total. The fourth-order valence-corrected chi connectivity index (χ4v) is 4.39. The second-order valence-corrected chi connectivity index (χ2v) is 8.16. The Morgan fingerprint density at radius 3 is 2.78 bits per heavy atom. The van der Waals surface area contributed by atoms with Gasteiger partial charge in [0.05, 0.1) is 22.0 Å². The average Bonchev–Trinajstić information content (AvgIpc) is 3.38. The number of nitrogens with one attached hydrogen (secondary N) is 1.